The molecule has 0 amide bonds. The van der Waals surface area contributed by atoms with Gasteiger partial charge in [0.1, 0.15) is 0 Å². The minimum atomic E-state index is 0.650. The second-order valence-electron chi connectivity index (χ2n) is 8.84. The van der Waals surface area contributed by atoms with E-state index in [0.29, 0.717) is 5.41 Å². The summed E-state index contributed by atoms with van der Waals surface area (Å²) in [6.07, 6.45) is 18.6. The molecule has 1 fully saturated rings. The molecular weight excluding hydrogens is 308 g/mol. The fourth-order valence-electron chi connectivity index (χ4n) is 3.72. The van der Waals surface area contributed by atoms with E-state index in [0.717, 1.165) is 32.0 Å². The summed E-state index contributed by atoms with van der Waals surface area (Å²) in [5, 5.41) is 0. The number of hydrogen-bond acceptors (Lipinski definition) is 2. The highest BCUT2D eigenvalue weighted by molar-refractivity contribution is 4.76. The smallest absolute Gasteiger partial charge is 0.0822 e. The van der Waals surface area contributed by atoms with E-state index in [1.54, 1.807) is 0 Å². The molecule has 0 radical (unpaired) electrons. The minimum Gasteiger partial charge on any atom is -0.237 e. The molecule has 0 bridgehead atoms. The molecule has 1 aliphatic carbocycles. The first-order chi connectivity index (χ1) is 12.0. The molecule has 1 rings (SSSR count). The minimum absolute atomic E-state index is 0.650. The topological polar surface area (TPSA) is 18.5 Å². The zero-order valence-electron chi connectivity index (χ0n) is 18.2. The van der Waals surface area contributed by atoms with Crippen LogP contribution < -0.4 is 0 Å². The van der Waals surface area contributed by atoms with Crippen LogP contribution in [0.5, 0.6) is 0 Å². The van der Waals surface area contributed by atoms with E-state index in [4.69, 9.17) is 9.78 Å². The van der Waals surface area contributed by atoms with E-state index in [-0.39, 0.29) is 0 Å². The fraction of sp³-hybridized carbons (Fsp3) is 1.00. The van der Waals surface area contributed by atoms with Gasteiger partial charge in [-0.25, -0.2) is 9.78 Å². The van der Waals surface area contributed by atoms with E-state index in [2.05, 4.69) is 34.6 Å². The van der Waals surface area contributed by atoms with Gasteiger partial charge in [-0.05, 0) is 37.0 Å². The van der Waals surface area contributed by atoms with Crippen LogP contribution in [0.4, 0.5) is 0 Å². The lowest BCUT2D eigenvalue weighted by Gasteiger charge is -2.33. The number of hydrogen-bond donors (Lipinski definition) is 0. The maximum atomic E-state index is 5.12. The van der Waals surface area contributed by atoms with Crippen LogP contribution in [0.1, 0.15) is 125 Å². The van der Waals surface area contributed by atoms with E-state index in [9.17, 15) is 0 Å². The highest BCUT2D eigenvalue weighted by Crippen LogP contribution is 2.37. The first-order valence-electron chi connectivity index (χ1n) is 11.3. The van der Waals surface area contributed by atoms with Gasteiger partial charge in [0.15, 0.2) is 0 Å². The predicted octanol–water partition coefficient (Wildman–Crippen LogP) is 8.10. The summed E-state index contributed by atoms with van der Waals surface area (Å²) < 4.78 is 0. The zero-order chi connectivity index (χ0) is 18.8. The Bertz CT molecular complexity index is 249. The maximum absolute atomic E-state index is 5.12. The molecule has 0 spiro atoms. The molecule has 0 aromatic rings. The van der Waals surface area contributed by atoms with Crippen molar-refractivity contribution in [3.63, 3.8) is 0 Å². The van der Waals surface area contributed by atoms with Crippen molar-refractivity contribution in [3.8, 4) is 0 Å². The van der Waals surface area contributed by atoms with Crippen LogP contribution >= 0.6 is 0 Å². The Balaban J connectivity index is 0.000000535. The lowest BCUT2D eigenvalue weighted by Crippen LogP contribution is -2.20. The monoisotopic (exact) mass is 356 g/mol. The Kier molecular flexibility index (Phi) is 17.3. The van der Waals surface area contributed by atoms with E-state index < -0.39 is 0 Å². The Morgan fingerprint density at radius 1 is 0.760 bits per heavy atom. The van der Waals surface area contributed by atoms with E-state index >= 15 is 0 Å². The average Bonchev–Trinajstić information content (AvgIpc) is 2.55. The van der Waals surface area contributed by atoms with Crippen molar-refractivity contribution < 1.29 is 9.78 Å². The molecule has 0 aromatic heterocycles. The first kappa shape index (κ1) is 24.9. The van der Waals surface area contributed by atoms with Crippen LogP contribution in [-0.2, 0) is 9.78 Å². The summed E-state index contributed by atoms with van der Waals surface area (Å²) in [5.41, 5.74) is 0.650. The molecule has 0 saturated heterocycles. The highest BCUT2D eigenvalue weighted by atomic mass is 17.2. The summed E-state index contributed by atoms with van der Waals surface area (Å²) >= 11 is 0. The van der Waals surface area contributed by atoms with Gasteiger partial charge in [0.25, 0.3) is 0 Å². The summed E-state index contributed by atoms with van der Waals surface area (Å²) in [4.78, 5) is 10.2. The molecule has 2 heteroatoms. The summed E-state index contributed by atoms with van der Waals surface area (Å²) in [5.74, 6) is 0.980. The number of unbranched alkanes of at least 4 members (excludes halogenated alkanes) is 8. The van der Waals surface area contributed by atoms with Crippen LogP contribution in [-0.4, -0.2) is 13.2 Å². The third-order valence-corrected chi connectivity index (χ3v) is 5.20. The van der Waals surface area contributed by atoms with Crippen LogP contribution in [0, 0.1) is 11.3 Å². The second-order valence-corrected chi connectivity index (χ2v) is 8.84. The molecule has 1 saturated carbocycles. The van der Waals surface area contributed by atoms with Gasteiger partial charge in [0.05, 0.1) is 13.2 Å². The molecule has 0 heterocycles. The van der Waals surface area contributed by atoms with Gasteiger partial charge in [-0.2, -0.15) is 0 Å². The average molecular weight is 357 g/mol. The third kappa shape index (κ3) is 18.5. The van der Waals surface area contributed by atoms with Crippen molar-refractivity contribution >= 4 is 0 Å². The SMILES string of the molecule is CC1CCCC(C)(C)C1.CCCCCCCOOCCCCCCC. The van der Waals surface area contributed by atoms with Crippen molar-refractivity contribution in [3.05, 3.63) is 0 Å². The fourth-order valence-corrected chi connectivity index (χ4v) is 3.72. The molecule has 2 nitrogen and oxygen atoms in total. The van der Waals surface area contributed by atoms with Crippen LogP contribution in [0.15, 0.2) is 0 Å². The van der Waals surface area contributed by atoms with Crippen LogP contribution in [0.3, 0.4) is 0 Å². The third-order valence-electron chi connectivity index (χ3n) is 5.20. The van der Waals surface area contributed by atoms with Gasteiger partial charge in [-0.3, -0.25) is 0 Å². The molecule has 1 unspecified atom stereocenters. The van der Waals surface area contributed by atoms with Crippen molar-refractivity contribution in [1.82, 2.24) is 0 Å². The zero-order valence-corrected chi connectivity index (χ0v) is 18.2. The normalized spacial score (nSPS) is 19.3. The van der Waals surface area contributed by atoms with Crippen molar-refractivity contribution in [2.24, 2.45) is 11.3 Å². The quantitative estimate of drug-likeness (QED) is 0.188. The van der Waals surface area contributed by atoms with E-state index in [1.165, 1.54) is 77.0 Å². The molecular formula is C23H48O2. The summed E-state index contributed by atoms with van der Waals surface area (Å²) in [6, 6.07) is 0. The van der Waals surface area contributed by atoms with Gasteiger partial charge >= 0.3 is 0 Å². The molecule has 1 atom stereocenters. The Morgan fingerprint density at radius 2 is 1.24 bits per heavy atom. The van der Waals surface area contributed by atoms with Gasteiger partial charge in [0, 0.05) is 0 Å². The first-order valence-corrected chi connectivity index (χ1v) is 11.3. The Hall–Kier alpha value is -0.0800. The Labute approximate surface area is 159 Å². The van der Waals surface area contributed by atoms with Crippen LogP contribution in [0.25, 0.3) is 0 Å². The van der Waals surface area contributed by atoms with Gasteiger partial charge in [-0.15, -0.1) is 0 Å². The highest BCUT2D eigenvalue weighted by Gasteiger charge is 2.24. The summed E-state index contributed by atoms with van der Waals surface area (Å²) in [6.45, 7) is 13.2. The molecule has 25 heavy (non-hydrogen) atoms. The number of rotatable bonds is 13. The molecule has 152 valence electrons. The molecule has 1 aliphatic rings. The van der Waals surface area contributed by atoms with Crippen LogP contribution in [0.2, 0.25) is 0 Å². The van der Waals surface area contributed by atoms with E-state index in [1.807, 2.05) is 0 Å². The molecule has 0 N–H and O–H groups in total. The Morgan fingerprint density at radius 3 is 1.60 bits per heavy atom. The van der Waals surface area contributed by atoms with Crippen molar-refractivity contribution in [1.29, 1.82) is 0 Å². The standard InChI is InChI=1S/C14H30O2.C9H18/c1-3-5-7-9-11-13-15-16-14-12-10-8-6-4-2;1-8-5-4-6-9(2,3)7-8/h3-14H2,1-2H3;8H,4-7H2,1-3H3. The van der Waals surface area contributed by atoms with Crippen molar-refractivity contribution in [2.45, 2.75) is 125 Å². The summed E-state index contributed by atoms with van der Waals surface area (Å²) in [7, 11) is 0. The van der Waals surface area contributed by atoms with Gasteiger partial charge < -0.3 is 0 Å². The second kappa shape index (κ2) is 17.3. The maximum Gasteiger partial charge on any atom is 0.0822 e. The van der Waals surface area contributed by atoms with Gasteiger partial charge in [-0.1, -0.05) is 98.8 Å². The van der Waals surface area contributed by atoms with Gasteiger partial charge in [0.2, 0.25) is 0 Å². The lowest BCUT2D eigenvalue weighted by molar-refractivity contribution is -0.295. The predicted molar refractivity (Wildman–Crippen MR) is 111 cm³/mol. The molecule has 0 aromatic carbocycles. The van der Waals surface area contributed by atoms with Crippen molar-refractivity contribution in [2.75, 3.05) is 13.2 Å². The lowest BCUT2D eigenvalue weighted by atomic mass is 9.73. The molecule has 0 aliphatic heterocycles. The largest absolute Gasteiger partial charge is 0.237 e.